The van der Waals surface area contributed by atoms with Gasteiger partial charge in [0.05, 0.1) is 12.6 Å². The summed E-state index contributed by atoms with van der Waals surface area (Å²) in [4.78, 5) is 14.2. The first-order valence-electron chi connectivity index (χ1n) is 8.60. The normalized spacial score (nSPS) is 18.6. The maximum absolute atomic E-state index is 12.1. The third kappa shape index (κ3) is 3.96. The Kier molecular flexibility index (Phi) is 5.06. The number of carbonyl (C=O) groups excluding carboxylic acids is 1. The Morgan fingerprint density at radius 2 is 2.13 bits per heavy atom. The molecule has 5 heteroatoms. The second kappa shape index (κ2) is 7.21. The van der Waals surface area contributed by atoms with Crippen LogP contribution in [0.1, 0.15) is 42.9 Å². The average Bonchev–Trinajstić information content (AvgIpc) is 3.17. The van der Waals surface area contributed by atoms with Gasteiger partial charge in [-0.05, 0) is 44.1 Å². The van der Waals surface area contributed by atoms with E-state index in [0.717, 1.165) is 31.6 Å². The Hall–Kier alpha value is -1.75. The van der Waals surface area contributed by atoms with E-state index in [1.807, 2.05) is 20.2 Å². The first-order chi connectivity index (χ1) is 11.1. The van der Waals surface area contributed by atoms with E-state index >= 15 is 0 Å². The highest BCUT2D eigenvalue weighted by atomic mass is 16.5. The van der Waals surface area contributed by atoms with Crippen LogP contribution in [-0.4, -0.2) is 44.2 Å². The number of ether oxygens (including phenoxy) is 1. The molecule has 1 heterocycles. The van der Waals surface area contributed by atoms with Gasteiger partial charge in [-0.3, -0.25) is 0 Å². The molecule has 0 radical (unpaired) electrons. The predicted molar refractivity (Wildman–Crippen MR) is 90.9 cm³/mol. The van der Waals surface area contributed by atoms with Crippen molar-refractivity contribution in [2.45, 2.75) is 44.2 Å². The molecule has 2 N–H and O–H groups in total. The lowest BCUT2D eigenvalue weighted by molar-refractivity contribution is 0.229. The van der Waals surface area contributed by atoms with E-state index in [0.29, 0.717) is 12.6 Å². The molecule has 2 amide bonds. The third-order valence-corrected chi connectivity index (χ3v) is 4.87. The Balaban J connectivity index is 1.59. The molecule has 23 heavy (non-hydrogen) atoms. The first kappa shape index (κ1) is 16.1. The topological polar surface area (TPSA) is 53.6 Å². The molecule has 1 fully saturated rings. The van der Waals surface area contributed by atoms with Gasteiger partial charge < -0.3 is 20.3 Å². The van der Waals surface area contributed by atoms with Crippen molar-refractivity contribution in [2.75, 3.05) is 27.2 Å². The molecule has 0 spiro atoms. The molecule has 5 nitrogen and oxygen atoms in total. The number of fused-ring (bicyclic) bond motifs is 1. The smallest absolute Gasteiger partial charge is 0.315 e. The summed E-state index contributed by atoms with van der Waals surface area (Å²) in [5, 5.41) is 6.11. The fourth-order valence-electron chi connectivity index (χ4n) is 3.51. The van der Waals surface area contributed by atoms with Gasteiger partial charge in [0, 0.05) is 19.0 Å². The largest absolute Gasteiger partial charge is 0.493 e. The lowest BCUT2D eigenvalue weighted by atomic mass is 10.0. The summed E-state index contributed by atoms with van der Waals surface area (Å²) in [6, 6.07) is 6.83. The molecule has 2 aliphatic rings. The van der Waals surface area contributed by atoms with Crippen LogP contribution in [0.15, 0.2) is 18.2 Å². The van der Waals surface area contributed by atoms with E-state index in [1.54, 1.807) is 0 Å². The van der Waals surface area contributed by atoms with E-state index in [-0.39, 0.29) is 12.1 Å². The molecule has 1 aliphatic carbocycles. The number of urea groups is 1. The molecule has 3 rings (SSSR count). The second-order valence-electron chi connectivity index (χ2n) is 6.78. The zero-order chi connectivity index (χ0) is 16.2. The molecular formula is C18H27N3O2. The van der Waals surface area contributed by atoms with Crippen LogP contribution in [0.3, 0.4) is 0 Å². The van der Waals surface area contributed by atoms with E-state index in [1.165, 1.54) is 24.0 Å². The van der Waals surface area contributed by atoms with Crippen LogP contribution in [0, 0.1) is 0 Å². The number of benzene rings is 1. The van der Waals surface area contributed by atoms with Crippen LogP contribution < -0.4 is 15.4 Å². The van der Waals surface area contributed by atoms with Gasteiger partial charge in [0.25, 0.3) is 0 Å². The van der Waals surface area contributed by atoms with Crippen molar-refractivity contribution in [3.63, 3.8) is 0 Å². The summed E-state index contributed by atoms with van der Waals surface area (Å²) in [6.45, 7) is 1.37. The SMILES string of the molecule is CN(C)C(CNC(=O)NC1CCCC1)c1ccc2c(c1)CCO2. The summed E-state index contributed by atoms with van der Waals surface area (Å²) in [5.41, 5.74) is 2.49. The predicted octanol–water partition coefficient (Wildman–Crippen LogP) is 2.47. The van der Waals surface area contributed by atoms with Crippen molar-refractivity contribution in [2.24, 2.45) is 0 Å². The van der Waals surface area contributed by atoms with Gasteiger partial charge in [-0.1, -0.05) is 25.0 Å². The molecule has 1 aromatic rings. The Morgan fingerprint density at radius 3 is 2.87 bits per heavy atom. The van der Waals surface area contributed by atoms with Crippen LogP contribution in [0.25, 0.3) is 0 Å². The van der Waals surface area contributed by atoms with Crippen LogP contribution in [0.4, 0.5) is 4.79 Å². The summed E-state index contributed by atoms with van der Waals surface area (Å²) < 4.78 is 5.57. The molecule has 126 valence electrons. The quantitative estimate of drug-likeness (QED) is 0.877. The number of hydrogen-bond donors (Lipinski definition) is 2. The number of hydrogen-bond acceptors (Lipinski definition) is 3. The highest BCUT2D eigenvalue weighted by molar-refractivity contribution is 5.74. The van der Waals surface area contributed by atoms with Gasteiger partial charge in [-0.15, -0.1) is 0 Å². The van der Waals surface area contributed by atoms with Gasteiger partial charge in [0.1, 0.15) is 5.75 Å². The number of likely N-dealkylation sites (N-methyl/N-ethyl adjacent to an activating group) is 1. The number of nitrogens with one attached hydrogen (secondary N) is 2. The standard InChI is InChI=1S/C18H27N3O2/c1-21(2)16(12-19-18(22)20-15-5-3-4-6-15)13-7-8-17-14(11-13)9-10-23-17/h7-8,11,15-16H,3-6,9-10,12H2,1-2H3,(H2,19,20,22). The summed E-state index contributed by atoms with van der Waals surface area (Å²) in [7, 11) is 4.09. The van der Waals surface area contributed by atoms with Gasteiger partial charge in [0.15, 0.2) is 0 Å². The molecule has 1 saturated carbocycles. The number of nitrogens with zero attached hydrogens (tertiary/aromatic N) is 1. The van der Waals surface area contributed by atoms with E-state index in [2.05, 4.69) is 27.7 Å². The van der Waals surface area contributed by atoms with E-state index in [9.17, 15) is 4.79 Å². The highest BCUT2D eigenvalue weighted by Crippen LogP contribution is 2.29. The average molecular weight is 317 g/mol. The van der Waals surface area contributed by atoms with Crippen LogP contribution >= 0.6 is 0 Å². The monoisotopic (exact) mass is 317 g/mol. The Bertz CT molecular complexity index is 553. The van der Waals surface area contributed by atoms with Gasteiger partial charge in [0.2, 0.25) is 0 Å². The second-order valence-corrected chi connectivity index (χ2v) is 6.78. The molecule has 0 saturated heterocycles. The lowest BCUT2D eigenvalue weighted by Crippen LogP contribution is -2.43. The number of amides is 2. The first-order valence-corrected chi connectivity index (χ1v) is 8.60. The van der Waals surface area contributed by atoms with Crippen LogP contribution in [0.5, 0.6) is 5.75 Å². The van der Waals surface area contributed by atoms with E-state index < -0.39 is 0 Å². The maximum atomic E-state index is 12.1. The maximum Gasteiger partial charge on any atom is 0.315 e. The minimum atomic E-state index is -0.0479. The lowest BCUT2D eigenvalue weighted by Gasteiger charge is -2.26. The molecule has 0 bridgehead atoms. The number of rotatable bonds is 5. The van der Waals surface area contributed by atoms with Crippen molar-refractivity contribution >= 4 is 6.03 Å². The van der Waals surface area contributed by atoms with Gasteiger partial charge in [-0.25, -0.2) is 4.79 Å². The van der Waals surface area contributed by atoms with Gasteiger partial charge in [-0.2, -0.15) is 0 Å². The van der Waals surface area contributed by atoms with Crippen molar-refractivity contribution < 1.29 is 9.53 Å². The van der Waals surface area contributed by atoms with Crippen molar-refractivity contribution in [1.82, 2.24) is 15.5 Å². The molecule has 1 atom stereocenters. The van der Waals surface area contributed by atoms with E-state index in [4.69, 9.17) is 4.74 Å². The van der Waals surface area contributed by atoms with Crippen molar-refractivity contribution in [1.29, 1.82) is 0 Å². The molecular weight excluding hydrogens is 290 g/mol. The molecule has 1 aliphatic heterocycles. The molecule has 0 aromatic heterocycles. The molecule has 1 unspecified atom stereocenters. The summed E-state index contributed by atoms with van der Waals surface area (Å²) >= 11 is 0. The highest BCUT2D eigenvalue weighted by Gasteiger charge is 2.21. The van der Waals surface area contributed by atoms with Crippen molar-refractivity contribution in [3.8, 4) is 5.75 Å². The third-order valence-electron chi connectivity index (χ3n) is 4.87. The Morgan fingerprint density at radius 1 is 1.35 bits per heavy atom. The summed E-state index contributed by atoms with van der Waals surface area (Å²) in [5.74, 6) is 0.998. The van der Waals surface area contributed by atoms with Crippen LogP contribution in [0.2, 0.25) is 0 Å². The summed E-state index contributed by atoms with van der Waals surface area (Å²) in [6.07, 6.45) is 5.63. The zero-order valence-electron chi connectivity index (χ0n) is 14.1. The fraction of sp³-hybridized carbons (Fsp3) is 0.611. The molecule has 1 aromatic carbocycles. The zero-order valence-corrected chi connectivity index (χ0v) is 14.1. The fourth-order valence-corrected chi connectivity index (χ4v) is 3.51. The van der Waals surface area contributed by atoms with Crippen molar-refractivity contribution in [3.05, 3.63) is 29.3 Å². The van der Waals surface area contributed by atoms with Crippen LogP contribution in [-0.2, 0) is 6.42 Å². The minimum absolute atomic E-state index is 0.0479. The minimum Gasteiger partial charge on any atom is -0.493 e. The Labute approximate surface area is 138 Å². The van der Waals surface area contributed by atoms with Gasteiger partial charge >= 0.3 is 6.03 Å². The number of carbonyl (C=O) groups is 1.